The van der Waals surface area contributed by atoms with Crippen molar-refractivity contribution in [2.24, 2.45) is 17.6 Å². The van der Waals surface area contributed by atoms with Crippen LogP contribution in [0.25, 0.3) is 0 Å². The fourth-order valence-electron chi connectivity index (χ4n) is 2.26. The summed E-state index contributed by atoms with van der Waals surface area (Å²) in [5.41, 5.74) is 5.48. The van der Waals surface area contributed by atoms with Gasteiger partial charge in [0.15, 0.2) is 5.82 Å². The fourth-order valence-corrected chi connectivity index (χ4v) is 2.26. The van der Waals surface area contributed by atoms with Crippen molar-refractivity contribution < 1.29 is 19.2 Å². The van der Waals surface area contributed by atoms with E-state index in [1.165, 1.54) is 0 Å². The number of aromatic nitrogens is 2. The minimum absolute atomic E-state index is 0.0239. The van der Waals surface area contributed by atoms with Crippen LogP contribution in [0.3, 0.4) is 0 Å². The smallest absolute Gasteiger partial charge is 0.326 e. The highest BCUT2D eigenvalue weighted by molar-refractivity contribution is 5.82. The number of carboxylic acids is 1. The number of rotatable bonds is 10. The van der Waals surface area contributed by atoms with Gasteiger partial charge in [-0.2, -0.15) is 4.98 Å². The van der Waals surface area contributed by atoms with E-state index in [0.717, 1.165) is 6.42 Å². The maximum absolute atomic E-state index is 12.3. The Morgan fingerprint density at radius 3 is 2.40 bits per heavy atom. The number of nitrogens with one attached hydrogen (secondary N) is 2. The highest BCUT2D eigenvalue weighted by Crippen LogP contribution is 2.23. The number of carboxylic acid groups (broad SMARTS) is 1. The Balaban J connectivity index is 2.78. The standard InChI is InChI=1S/C16H29N5O4/c1-5-10(4)13(14-19-12(8-17)21-25-14)20-16(24)18-11(15(22)23)7-6-9(2)3/h9-11,13H,5-8,17H2,1-4H3,(H,22,23)(H2,18,20,24)/t10?,11-,13-/m0/s1. The molecule has 0 aromatic carbocycles. The van der Waals surface area contributed by atoms with Gasteiger partial charge in [0.25, 0.3) is 0 Å². The second-order valence-electron chi connectivity index (χ2n) is 6.60. The first-order valence-corrected chi connectivity index (χ1v) is 8.60. The normalized spacial score (nSPS) is 14.8. The van der Waals surface area contributed by atoms with Crippen molar-refractivity contribution in [2.45, 2.75) is 65.6 Å². The van der Waals surface area contributed by atoms with E-state index in [4.69, 9.17) is 10.3 Å². The molecule has 0 fully saturated rings. The van der Waals surface area contributed by atoms with Crippen LogP contribution < -0.4 is 16.4 Å². The molecule has 2 amide bonds. The highest BCUT2D eigenvalue weighted by atomic mass is 16.5. The molecule has 1 unspecified atom stereocenters. The third-order valence-electron chi connectivity index (χ3n) is 4.07. The summed E-state index contributed by atoms with van der Waals surface area (Å²) >= 11 is 0. The predicted octanol–water partition coefficient (Wildman–Crippen LogP) is 1.80. The van der Waals surface area contributed by atoms with Gasteiger partial charge in [0, 0.05) is 0 Å². The predicted molar refractivity (Wildman–Crippen MR) is 91.5 cm³/mol. The molecular weight excluding hydrogens is 326 g/mol. The number of hydrogen-bond donors (Lipinski definition) is 4. The Morgan fingerprint density at radius 2 is 1.92 bits per heavy atom. The van der Waals surface area contributed by atoms with E-state index in [-0.39, 0.29) is 18.4 Å². The first-order chi connectivity index (χ1) is 11.8. The zero-order valence-corrected chi connectivity index (χ0v) is 15.3. The van der Waals surface area contributed by atoms with Gasteiger partial charge in [0.2, 0.25) is 5.89 Å². The van der Waals surface area contributed by atoms with Gasteiger partial charge in [-0.05, 0) is 24.7 Å². The van der Waals surface area contributed by atoms with Crippen molar-refractivity contribution >= 4 is 12.0 Å². The number of carbonyl (C=O) groups excluding carboxylic acids is 1. The molecule has 1 aromatic heterocycles. The first-order valence-electron chi connectivity index (χ1n) is 8.60. The van der Waals surface area contributed by atoms with E-state index in [1.807, 2.05) is 27.7 Å². The van der Waals surface area contributed by atoms with Gasteiger partial charge in [-0.25, -0.2) is 9.59 Å². The van der Waals surface area contributed by atoms with E-state index < -0.39 is 24.1 Å². The average molecular weight is 355 g/mol. The summed E-state index contributed by atoms with van der Waals surface area (Å²) in [6, 6.07) is -2.03. The number of carbonyl (C=O) groups is 2. The zero-order valence-electron chi connectivity index (χ0n) is 15.3. The van der Waals surface area contributed by atoms with Crippen LogP contribution in [0.2, 0.25) is 0 Å². The van der Waals surface area contributed by atoms with Gasteiger partial charge in [-0.15, -0.1) is 0 Å². The lowest BCUT2D eigenvalue weighted by molar-refractivity contribution is -0.139. The van der Waals surface area contributed by atoms with Crippen LogP contribution in [0.1, 0.15) is 64.7 Å². The van der Waals surface area contributed by atoms with Crippen LogP contribution in [-0.2, 0) is 11.3 Å². The molecular formula is C16H29N5O4. The Bertz CT molecular complexity index is 560. The number of amides is 2. The van der Waals surface area contributed by atoms with Crippen LogP contribution in [0, 0.1) is 11.8 Å². The van der Waals surface area contributed by atoms with E-state index in [0.29, 0.717) is 24.6 Å². The van der Waals surface area contributed by atoms with Crippen molar-refractivity contribution in [3.05, 3.63) is 11.7 Å². The SMILES string of the molecule is CCC(C)[C@H](NC(=O)N[C@@H](CCC(C)C)C(=O)O)c1nc(CN)no1. The van der Waals surface area contributed by atoms with Gasteiger partial charge < -0.3 is 26.0 Å². The number of aliphatic carboxylic acids is 1. The molecule has 1 rings (SSSR count). The lowest BCUT2D eigenvalue weighted by atomic mass is 9.99. The molecule has 0 saturated heterocycles. The Labute approximate surface area is 147 Å². The zero-order chi connectivity index (χ0) is 19.0. The third-order valence-corrected chi connectivity index (χ3v) is 4.07. The summed E-state index contributed by atoms with van der Waals surface area (Å²) < 4.78 is 5.17. The van der Waals surface area contributed by atoms with Gasteiger partial charge >= 0.3 is 12.0 Å². The number of nitrogens with zero attached hydrogens (tertiary/aromatic N) is 2. The number of nitrogens with two attached hydrogens (primary N) is 1. The molecule has 9 nitrogen and oxygen atoms in total. The van der Waals surface area contributed by atoms with Crippen LogP contribution in [0.15, 0.2) is 4.52 Å². The summed E-state index contributed by atoms with van der Waals surface area (Å²) in [6.07, 6.45) is 1.84. The summed E-state index contributed by atoms with van der Waals surface area (Å²) in [7, 11) is 0. The summed E-state index contributed by atoms with van der Waals surface area (Å²) in [5, 5.41) is 18.3. The van der Waals surface area contributed by atoms with Crippen molar-refractivity contribution in [3.63, 3.8) is 0 Å². The maximum Gasteiger partial charge on any atom is 0.326 e. The van der Waals surface area contributed by atoms with Gasteiger partial charge in [0.1, 0.15) is 12.1 Å². The number of urea groups is 1. The molecule has 0 aliphatic carbocycles. The van der Waals surface area contributed by atoms with Gasteiger partial charge in [0.05, 0.1) is 6.54 Å². The quantitative estimate of drug-likeness (QED) is 0.501. The van der Waals surface area contributed by atoms with E-state index >= 15 is 0 Å². The summed E-state index contributed by atoms with van der Waals surface area (Å²) in [5.74, 6) is -0.0626. The first kappa shape index (κ1) is 20.9. The number of hydrogen-bond acceptors (Lipinski definition) is 6. The molecule has 0 bridgehead atoms. The minimum Gasteiger partial charge on any atom is -0.480 e. The van der Waals surface area contributed by atoms with Crippen LogP contribution in [0.4, 0.5) is 4.79 Å². The summed E-state index contributed by atoms with van der Waals surface area (Å²) in [6.45, 7) is 8.05. The molecule has 5 N–H and O–H groups in total. The van der Waals surface area contributed by atoms with Gasteiger partial charge in [-0.1, -0.05) is 39.3 Å². The molecule has 1 heterocycles. The fraction of sp³-hybridized carbons (Fsp3) is 0.750. The lowest BCUT2D eigenvalue weighted by Crippen LogP contribution is -2.48. The molecule has 0 aliphatic heterocycles. The van der Waals surface area contributed by atoms with Crippen molar-refractivity contribution in [3.8, 4) is 0 Å². The third kappa shape index (κ3) is 6.69. The molecule has 0 spiro atoms. The largest absolute Gasteiger partial charge is 0.480 e. The molecule has 0 aliphatic rings. The molecule has 3 atom stereocenters. The molecule has 142 valence electrons. The van der Waals surface area contributed by atoms with Gasteiger partial charge in [-0.3, -0.25) is 0 Å². The molecule has 0 saturated carbocycles. The minimum atomic E-state index is -1.06. The van der Waals surface area contributed by atoms with Crippen LogP contribution >= 0.6 is 0 Å². The Hall–Kier alpha value is -2.16. The van der Waals surface area contributed by atoms with E-state index in [9.17, 15) is 14.7 Å². The second kappa shape index (κ2) is 9.97. The van der Waals surface area contributed by atoms with Crippen molar-refractivity contribution in [1.82, 2.24) is 20.8 Å². The highest BCUT2D eigenvalue weighted by Gasteiger charge is 2.28. The molecule has 25 heavy (non-hydrogen) atoms. The molecule has 9 heteroatoms. The lowest BCUT2D eigenvalue weighted by Gasteiger charge is -2.23. The Morgan fingerprint density at radius 1 is 1.24 bits per heavy atom. The van der Waals surface area contributed by atoms with Crippen LogP contribution in [-0.4, -0.2) is 33.3 Å². The average Bonchev–Trinajstić information content (AvgIpc) is 3.04. The van der Waals surface area contributed by atoms with Crippen molar-refractivity contribution in [1.29, 1.82) is 0 Å². The monoisotopic (exact) mass is 355 g/mol. The molecule has 0 radical (unpaired) electrons. The maximum atomic E-state index is 12.3. The van der Waals surface area contributed by atoms with Crippen molar-refractivity contribution in [2.75, 3.05) is 0 Å². The van der Waals surface area contributed by atoms with Crippen LogP contribution in [0.5, 0.6) is 0 Å². The topological polar surface area (TPSA) is 143 Å². The summed E-state index contributed by atoms with van der Waals surface area (Å²) in [4.78, 5) is 27.8. The van der Waals surface area contributed by atoms with E-state index in [2.05, 4.69) is 20.8 Å². The molecule has 1 aromatic rings. The van der Waals surface area contributed by atoms with E-state index in [1.54, 1.807) is 0 Å². The Kier molecular flexibility index (Phi) is 8.33. The second-order valence-corrected chi connectivity index (χ2v) is 6.60.